The van der Waals surface area contributed by atoms with Gasteiger partial charge in [0, 0.05) is 7.05 Å². The summed E-state index contributed by atoms with van der Waals surface area (Å²) in [5.74, 6) is -0.802. The first kappa shape index (κ1) is 17.7. The molecule has 0 aliphatic carbocycles. The molecule has 0 aliphatic heterocycles. The molecule has 0 spiro atoms. The van der Waals surface area contributed by atoms with E-state index in [4.69, 9.17) is 11.6 Å². The van der Waals surface area contributed by atoms with Crippen molar-refractivity contribution in [1.82, 2.24) is 4.31 Å². The number of carbonyl (C=O) groups is 1. The van der Waals surface area contributed by atoms with Crippen LogP contribution in [-0.4, -0.2) is 38.5 Å². The Morgan fingerprint density at radius 3 is 2.43 bits per heavy atom. The Morgan fingerprint density at radius 1 is 1.38 bits per heavy atom. The molecule has 0 atom stereocenters. The van der Waals surface area contributed by atoms with Crippen molar-refractivity contribution in [3.63, 3.8) is 0 Å². The van der Waals surface area contributed by atoms with Gasteiger partial charge in [0.05, 0.1) is 29.1 Å². The van der Waals surface area contributed by atoms with Crippen LogP contribution in [0.1, 0.15) is 5.56 Å². The van der Waals surface area contributed by atoms with Gasteiger partial charge in [-0.15, -0.1) is 0 Å². The zero-order chi connectivity index (χ0) is 16.4. The third-order valence-corrected chi connectivity index (χ3v) is 4.09. The lowest BCUT2D eigenvalue weighted by Gasteiger charge is -2.15. The van der Waals surface area contributed by atoms with Gasteiger partial charge >= 0.3 is 6.18 Å². The number of rotatable bonds is 4. The fraction of sp³-hybridized carbons (Fsp3) is 0.364. The second-order valence-corrected chi connectivity index (χ2v) is 6.76. The van der Waals surface area contributed by atoms with Crippen LogP contribution in [-0.2, 0) is 21.0 Å². The van der Waals surface area contributed by atoms with Gasteiger partial charge in [-0.3, -0.25) is 4.79 Å². The van der Waals surface area contributed by atoms with Crippen LogP contribution in [0.4, 0.5) is 18.9 Å². The summed E-state index contributed by atoms with van der Waals surface area (Å²) in [6.07, 6.45) is -3.68. The summed E-state index contributed by atoms with van der Waals surface area (Å²) in [7, 11) is -2.40. The van der Waals surface area contributed by atoms with Crippen LogP contribution in [0, 0.1) is 0 Å². The Labute approximate surface area is 124 Å². The van der Waals surface area contributed by atoms with E-state index in [0.717, 1.165) is 22.7 Å². The molecule has 1 amide bonds. The molecule has 5 nitrogen and oxygen atoms in total. The molecule has 0 saturated heterocycles. The molecule has 1 aromatic rings. The van der Waals surface area contributed by atoms with Gasteiger partial charge in [-0.2, -0.15) is 17.5 Å². The monoisotopic (exact) mass is 344 g/mol. The van der Waals surface area contributed by atoms with E-state index >= 15 is 0 Å². The normalized spacial score (nSPS) is 12.5. The van der Waals surface area contributed by atoms with E-state index in [1.807, 2.05) is 0 Å². The van der Waals surface area contributed by atoms with Crippen LogP contribution < -0.4 is 5.32 Å². The van der Waals surface area contributed by atoms with Gasteiger partial charge < -0.3 is 5.32 Å². The third kappa shape index (κ3) is 5.18. The van der Waals surface area contributed by atoms with Gasteiger partial charge in [0.2, 0.25) is 15.9 Å². The number of nitrogens with zero attached hydrogens (tertiary/aromatic N) is 1. The Morgan fingerprint density at radius 2 is 1.95 bits per heavy atom. The van der Waals surface area contributed by atoms with Gasteiger partial charge in [0.1, 0.15) is 0 Å². The smallest absolute Gasteiger partial charge is 0.324 e. The molecule has 0 radical (unpaired) electrons. The number of nitrogens with one attached hydrogen (secondary N) is 1. The second kappa shape index (κ2) is 6.20. The molecule has 0 heterocycles. The summed E-state index contributed by atoms with van der Waals surface area (Å²) in [4.78, 5) is 11.6. The molecule has 0 aliphatic rings. The lowest BCUT2D eigenvalue weighted by atomic mass is 10.2. The third-order valence-electron chi connectivity index (χ3n) is 2.50. The lowest BCUT2D eigenvalue weighted by molar-refractivity contribution is -0.137. The minimum absolute atomic E-state index is 0.0849. The number of carbonyl (C=O) groups excluding carboxylic acids is 1. The second-order valence-electron chi connectivity index (χ2n) is 4.26. The highest BCUT2D eigenvalue weighted by molar-refractivity contribution is 7.88. The molecule has 1 N–H and O–H groups in total. The standard InChI is InChI=1S/C11H12ClF3N2O3S/c1-17(21(2,19)20)6-10(18)16-9-5-7(11(13,14)15)3-4-8(9)12/h3-5H,6H2,1-2H3,(H,16,18). The van der Waals surface area contributed by atoms with Crippen molar-refractivity contribution in [2.45, 2.75) is 6.18 Å². The van der Waals surface area contributed by atoms with E-state index in [1.54, 1.807) is 0 Å². The molecular formula is C11H12ClF3N2O3S. The lowest BCUT2D eigenvalue weighted by Crippen LogP contribution is -2.34. The van der Waals surface area contributed by atoms with Crippen molar-refractivity contribution >= 4 is 33.2 Å². The van der Waals surface area contributed by atoms with Crippen LogP contribution in [0.3, 0.4) is 0 Å². The number of likely N-dealkylation sites (N-methyl/N-ethyl adjacent to an activating group) is 1. The van der Waals surface area contributed by atoms with E-state index in [2.05, 4.69) is 5.32 Å². The van der Waals surface area contributed by atoms with E-state index in [-0.39, 0.29) is 10.7 Å². The molecule has 0 aromatic heterocycles. The predicted octanol–water partition coefficient (Wildman–Crippen LogP) is 2.19. The van der Waals surface area contributed by atoms with Crippen LogP contribution >= 0.6 is 11.6 Å². The Kier molecular flexibility index (Phi) is 5.24. The fourth-order valence-electron chi connectivity index (χ4n) is 1.31. The minimum Gasteiger partial charge on any atom is -0.324 e. The van der Waals surface area contributed by atoms with E-state index in [0.29, 0.717) is 6.07 Å². The number of sulfonamides is 1. The van der Waals surface area contributed by atoms with Crippen molar-refractivity contribution in [2.75, 3.05) is 25.2 Å². The van der Waals surface area contributed by atoms with Crippen molar-refractivity contribution in [3.05, 3.63) is 28.8 Å². The first-order valence-electron chi connectivity index (χ1n) is 5.49. The predicted molar refractivity (Wildman–Crippen MR) is 72.6 cm³/mol. The molecular weight excluding hydrogens is 333 g/mol. The fourth-order valence-corrected chi connectivity index (χ4v) is 1.82. The Balaban J connectivity index is 2.90. The molecule has 10 heteroatoms. The molecule has 21 heavy (non-hydrogen) atoms. The first-order valence-corrected chi connectivity index (χ1v) is 7.72. The van der Waals surface area contributed by atoms with Gasteiger partial charge in [-0.25, -0.2) is 8.42 Å². The topological polar surface area (TPSA) is 66.5 Å². The molecule has 0 unspecified atom stereocenters. The summed E-state index contributed by atoms with van der Waals surface area (Å²) < 4.78 is 60.7. The maximum Gasteiger partial charge on any atom is 0.416 e. The highest BCUT2D eigenvalue weighted by atomic mass is 35.5. The van der Waals surface area contributed by atoms with E-state index in [1.165, 1.54) is 7.05 Å². The Hall–Kier alpha value is -1.32. The van der Waals surface area contributed by atoms with E-state index < -0.39 is 34.2 Å². The summed E-state index contributed by atoms with van der Waals surface area (Å²) >= 11 is 5.70. The average Bonchev–Trinajstić information content (AvgIpc) is 2.29. The summed E-state index contributed by atoms with van der Waals surface area (Å²) in [5.41, 5.74) is -1.21. The number of amides is 1. The van der Waals surface area contributed by atoms with E-state index in [9.17, 15) is 26.4 Å². The number of benzene rings is 1. The highest BCUT2D eigenvalue weighted by Crippen LogP contribution is 2.33. The number of hydrogen-bond donors (Lipinski definition) is 1. The largest absolute Gasteiger partial charge is 0.416 e. The quantitative estimate of drug-likeness (QED) is 0.910. The number of hydrogen-bond acceptors (Lipinski definition) is 3. The zero-order valence-corrected chi connectivity index (χ0v) is 12.6. The van der Waals surface area contributed by atoms with Gasteiger partial charge in [0.15, 0.2) is 0 Å². The zero-order valence-electron chi connectivity index (χ0n) is 11.0. The first-order chi connectivity index (χ1) is 9.41. The highest BCUT2D eigenvalue weighted by Gasteiger charge is 2.31. The maximum atomic E-state index is 12.6. The summed E-state index contributed by atoms with van der Waals surface area (Å²) in [6, 6.07) is 2.46. The molecule has 1 rings (SSSR count). The van der Waals surface area contributed by atoms with Crippen molar-refractivity contribution in [3.8, 4) is 0 Å². The van der Waals surface area contributed by atoms with Crippen molar-refractivity contribution < 1.29 is 26.4 Å². The summed E-state index contributed by atoms with van der Waals surface area (Å²) in [5, 5.41) is 2.06. The van der Waals surface area contributed by atoms with Crippen LogP contribution in [0.2, 0.25) is 5.02 Å². The molecule has 0 saturated carbocycles. The van der Waals surface area contributed by atoms with Crippen LogP contribution in [0.15, 0.2) is 18.2 Å². The van der Waals surface area contributed by atoms with Gasteiger partial charge in [0.25, 0.3) is 0 Å². The molecule has 0 bridgehead atoms. The SMILES string of the molecule is CN(CC(=O)Nc1cc(C(F)(F)F)ccc1Cl)S(C)(=O)=O. The molecule has 1 aromatic carbocycles. The number of alkyl halides is 3. The number of anilines is 1. The van der Waals surface area contributed by atoms with Gasteiger partial charge in [-0.05, 0) is 18.2 Å². The summed E-state index contributed by atoms with van der Waals surface area (Å²) in [6.45, 7) is -0.536. The van der Waals surface area contributed by atoms with Crippen molar-refractivity contribution in [1.29, 1.82) is 0 Å². The Bertz CT molecular complexity index is 647. The van der Waals surface area contributed by atoms with Crippen LogP contribution in [0.5, 0.6) is 0 Å². The maximum absolute atomic E-state index is 12.6. The van der Waals surface area contributed by atoms with Crippen molar-refractivity contribution in [2.24, 2.45) is 0 Å². The average molecular weight is 345 g/mol. The van der Waals surface area contributed by atoms with Crippen LogP contribution in [0.25, 0.3) is 0 Å². The minimum atomic E-state index is -4.58. The number of halogens is 4. The molecule has 0 fully saturated rings. The van der Waals surface area contributed by atoms with Gasteiger partial charge in [-0.1, -0.05) is 11.6 Å². The molecule has 118 valence electrons.